The van der Waals surface area contributed by atoms with Crippen LogP contribution < -0.4 is 5.32 Å². The van der Waals surface area contributed by atoms with Crippen LogP contribution in [-0.2, 0) is 10.3 Å². The van der Waals surface area contributed by atoms with Crippen LogP contribution in [0.5, 0.6) is 0 Å². The highest BCUT2D eigenvalue weighted by atomic mass is 16.5. The second-order valence-electron chi connectivity index (χ2n) is 6.74. The summed E-state index contributed by atoms with van der Waals surface area (Å²) in [7, 11) is 0. The zero-order valence-electron chi connectivity index (χ0n) is 14.4. The minimum Gasteiger partial charge on any atom is -0.446 e. The van der Waals surface area contributed by atoms with Gasteiger partial charge in [0.05, 0.1) is 5.54 Å². The van der Waals surface area contributed by atoms with Crippen molar-refractivity contribution in [3.05, 3.63) is 83.7 Å². The van der Waals surface area contributed by atoms with Crippen molar-refractivity contribution in [2.75, 3.05) is 0 Å². The van der Waals surface area contributed by atoms with E-state index in [9.17, 15) is 0 Å². The lowest BCUT2D eigenvalue weighted by molar-refractivity contribution is 0.257. The smallest absolute Gasteiger partial charge is 0.190 e. The van der Waals surface area contributed by atoms with Crippen LogP contribution in [0, 0.1) is 0 Å². The Hall–Kier alpha value is -3.01. The van der Waals surface area contributed by atoms with E-state index in [2.05, 4.69) is 71.6 Å². The number of ether oxygens (including phenoxy) is 1. The summed E-state index contributed by atoms with van der Waals surface area (Å²) in [5.41, 5.74) is 3.01. The van der Waals surface area contributed by atoms with Gasteiger partial charge in [0.2, 0.25) is 0 Å². The van der Waals surface area contributed by atoms with Crippen molar-refractivity contribution < 1.29 is 4.74 Å². The molecule has 0 saturated carbocycles. The number of aromatic nitrogens is 2. The van der Waals surface area contributed by atoms with E-state index >= 15 is 0 Å². The van der Waals surface area contributed by atoms with E-state index in [-0.39, 0.29) is 5.54 Å². The standard InChI is InChI=1S/C21H21N3O/c1-21(2,16-7-4-3-5-8-16)24-19-11-10-17(25-19)13-15-14-23-20-18(15)9-6-12-22-20/h3-9,11-14,24H,10H2,1-2H3,(H,22,23). The van der Waals surface area contributed by atoms with Gasteiger partial charge in [-0.05, 0) is 43.7 Å². The number of allylic oxidation sites excluding steroid dienone is 1. The number of pyridine rings is 1. The Balaban J connectivity index is 1.49. The van der Waals surface area contributed by atoms with Gasteiger partial charge in [-0.2, -0.15) is 0 Å². The highest BCUT2D eigenvalue weighted by Crippen LogP contribution is 2.28. The first-order valence-electron chi connectivity index (χ1n) is 8.46. The Morgan fingerprint density at radius 1 is 1.16 bits per heavy atom. The third-order valence-corrected chi connectivity index (χ3v) is 4.46. The molecular formula is C21H21N3O. The van der Waals surface area contributed by atoms with Gasteiger partial charge in [-0.3, -0.25) is 0 Å². The molecule has 0 saturated heterocycles. The molecule has 4 nitrogen and oxygen atoms in total. The van der Waals surface area contributed by atoms with Crippen LogP contribution >= 0.6 is 0 Å². The molecule has 0 amide bonds. The SMILES string of the molecule is CC(C)(NC1=CCC(=Cc2c[nH]c3ncccc23)O1)c1ccccc1. The van der Waals surface area contributed by atoms with E-state index in [0.717, 1.165) is 34.7 Å². The molecule has 0 unspecified atom stereocenters. The highest BCUT2D eigenvalue weighted by molar-refractivity contribution is 5.86. The molecule has 1 aliphatic heterocycles. The second-order valence-corrected chi connectivity index (χ2v) is 6.74. The summed E-state index contributed by atoms with van der Waals surface area (Å²) in [6.45, 7) is 4.30. The predicted molar refractivity (Wildman–Crippen MR) is 100 cm³/mol. The number of fused-ring (bicyclic) bond motifs is 1. The first-order valence-corrected chi connectivity index (χ1v) is 8.46. The largest absolute Gasteiger partial charge is 0.446 e. The van der Waals surface area contributed by atoms with Crippen molar-refractivity contribution in [1.29, 1.82) is 0 Å². The van der Waals surface area contributed by atoms with Crippen LogP contribution in [0.2, 0.25) is 0 Å². The van der Waals surface area contributed by atoms with Crippen LogP contribution in [0.4, 0.5) is 0 Å². The molecule has 25 heavy (non-hydrogen) atoms. The molecule has 1 aromatic carbocycles. The number of nitrogens with one attached hydrogen (secondary N) is 2. The Bertz CT molecular complexity index is 951. The molecule has 0 fully saturated rings. The first kappa shape index (κ1) is 15.5. The van der Waals surface area contributed by atoms with Crippen molar-refractivity contribution in [1.82, 2.24) is 15.3 Å². The molecule has 0 bridgehead atoms. The van der Waals surface area contributed by atoms with Crippen LogP contribution in [-0.4, -0.2) is 9.97 Å². The van der Waals surface area contributed by atoms with E-state index in [0.29, 0.717) is 0 Å². The number of benzene rings is 1. The maximum absolute atomic E-state index is 6.02. The van der Waals surface area contributed by atoms with E-state index in [1.54, 1.807) is 6.20 Å². The van der Waals surface area contributed by atoms with E-state index in [1.165, 1.54) is 5.56 Å². The van der Waals surface area contributed by atoms with Crippen LogP contribution in [0.25, 0.3) is 17.1 Å². The number of hydrogen-bond acceptors (Lipinski definition) is 3. The summed E-state index contributed by atoms with van der Waals surface area (Å²) < 4.78 is 6.02. The fraction of sp³-hybridized carbons (Fsp3) is 0.190. The minimum absolute atomic E-state index is 0.201. The topological polar surface area (TPSA) is 49.9 Å². The monoisotopic (exact) mass is 331 g/mol. The van der Waals surface area contributed by atoms with Crippen molar-refractivity contribution in [3.8, 4) is 0 Å². The summed E-state index contributed by atoms with van der Waals surface area (Å²) in [6, 6.07) is 14.4. The Kier molecular flexibility index (Phi) is 3.80. The Morgan fingerprint density at radius 2 is 2.00 bits per heavy atom. The first-order chi connectivity index (χ1) is 12.1. The van der Waals surface area contributed by atoms with E-state index in [4.69, 9.17) is 4.74 Å². The average molecular weight is 331 g/mol. The minimum atomic E-state index is -0.201. The Labute approximate surface area is 147 Å². The van der Waals surface area contributed by atoms with Crippen LogP contribution in [0.1, 0.15) is 31.4 Å². The number of aromatic amines is 1. The van der Waals surface area contributed by atoms with Gasteiger partial charge >= 0.3 is 0 Å². The van der Waals surface area contributed by atoms with Gasteiger partial charge in [-0.25, -0.2) is 4.98 Å². The average Bonchev–Trinajstić information content (AvgIpc) is 3.23. The van der Waals surface area contributed by atoms with Gasteiger partial charge in [0.1, 0.15) is 11.4 Å². The molecule has 3 aromatic rings. The van der Waals surface area contributed by atoms with Crippen LogP contribution in [0.15, 0.2) is 72.6 Å². The van der Waals surface area contributed by atoms with Crippen molar-refractivity contribution in [2.45, 2.75) is 25.8 Å². The predicted octanol–water partition coefficient (Wildman–Crippen LogP) is 4.69. The maximum atomic E-state index is 6.02. The normalized spacial score (nSPS) is 16.1. The number of rotatable bonds is 4. The van der Waals surface area contributed by atoms with Crippen molar-refractivity contribution in [2.24, 2.45) is 0 Å². The molecule has 2 N–H and O–H groups in total. The molecular weight excluding hydrogens is 310 g/mol. The van der Waals surface area contributed by atoms with E-state index < -0.39 is 0 Å². The van der Waals surface area contributed by atoms with Crippen molar-refractivity contribution in [3.63, 3.8) is 0 Å². The molecule has 0 atom stereocenters. The molecule has 2 aromatic heterocycles. The number of nitrogens with zero attached hydrogens (tertiary/aromatic N) is 1. The fourth-order valence-corrected chi connectivity index (χ4v) is 3.09. The van der Waals surface area contributed by atoms with Gasteiger partial charge in [0.15, 0.2) is 5.88 Å². The van der Waals surface area contributed by atoms with E-state index in [1.807, 2.05) is 18.3 Å². The molecule has 1 aliphatic rings. The molecule has 4 heteroatoms. The van der Waals surface area contributed by atoms with Gasteiger partial charge in [-0.1, -0.05) is 30.3 Å². The molecule has 126 valence electrons. The zero-order valence-corrected chi connectivity index (χ0v) is 14.4. The van der Waals surface area contributed by atoms with Gasteiger partial charge in [0, 0.05) is 29.8 Å². The molecule has 0 aliphatic carbocycles. The highest BCUT2D eigenvalue weighted by Gasteiger charge is 2.24. The number of hydrogen-bond donors (Lipinski definition) is 2. The summed E-state index contributed by atoms with van der Waals surface area (Å²) in [5.74, 6) is 1.73. The van der Waals surface area contributed by atoms with Gasteiger partial charge < -0.3 is 15.0 Å². The van der Waals surface area contributed by atoms with Crippen LogP contribution in [0.3, 0.4) is 0 Å². The van der Waals surface area contributed by atoms with Crippen molar-refractivity contribution >= 4 is 17.1 Å². The molecule has 4 rings (SSSR count). The lowest BCUT2D eigenvalue weighted by Crippen LogP contribution is -2.35. The zero-order chi connectivity index (χ0) is 17.3. The summed E-state index contributed by atoms with van der Waals surface area (Å²) in [6.07, 6.45) is 8.69. The number of H-pyrrole nitrogens is 1. The Morgan fingerprint density at radius 3 is 2.84 bits per heavy atom. The maximum Gasteiger partial charge on any atom is 0.190 e. The second kappa shape index (κ2) is 6.13. The van der Waals surface area contributed by atoms with Gasteiger partial charge in [0.25, 0.3) is 0 Å². The summed E-state index contributed by atoms with van der Waals surface area (Å²) in [4.78, 5) is 7.51. The molecule has 0 spiro atoms. The molecule has 0 radical (unpaired) electrons. The summed E-state index contributed by atoms with van der Waals surface area (Å²) >= 11 is 0. The lowest BCUT2D eigenvalue weighted by atomic mass is 9.94. The third kappa shape index (κ3) is 3.15. The third-order valence-electron chi connectivity index (χ3n) is 4.46. The van der Waals surface area contributed by atoms with Gasteiger partial charge in [-0.15, -0.1) is 0 Å². The quantitative estimate of drug-likeness (QED) is 0.729. The lowest BCUT2D eigenvalue weighted by Gasteiger charge is -2.28. The molecule has 3 heterocycles. The fourth-order valence-electron chi connectivity index (χ4n) is 3.09. The summed E-state index contributed by atoms with van der Waals surface area (Å²) in [5, 5.41) is 4.60.